The van der Waals surface area contributed by atoms with Crippen molar-refractivity contribution in [2.45, 2.75) is 48.5 Å². The number of carbonyl (C=O) groups excluding carboxylic acids is 1. The maximum Gasteiger partial charge on any atom is 0.291 e. The molecule has 0 saturated carbocycles. The van der Waals surface area contributed by atoms with Gasteiger partial charge in [0.1, 0.15) is 0 Å². The quantitative estimate of drug-likeness (QED) is 0.678. The van der Waals surface area contributed by atoms with Crippen LogP contribution in [0.15, 0.2) is 50.8 Å². The van der Waals surface area contributed by atoms with Gasteiger partial charge in [0.15, 0.2) is 5.76 Å². The van der Waals surface area contributed by atoms with Crippen LogP contribution in [0.1, 0.15) is 49.1 Å². The number of carbonyl (C=O) groups is 1. The van der Waals surface area contributed by atoms with Gasteiger partial charge in [-0.2, -0.15) is 8.61 Å². The van der Waals surface area contributed by atoms with Crippen molar-refractivity contribution in [1.82, 2.24) is 8.61 Å². The number of rotatable bonds is 6. The SMILES string of the molecule is O=C(Nc1ccc(S(=O)(=O)N2CCCCC2)cc1)c1ccc(S(=O)(=O)N2CCCCC2)o1. The summed E-state index contributed by atoms with van der Waals surface area (Å²) in [5, 5.41) is 2.35. The van der Waals surface area contributed by atoms with E-state index in [-0.39, 0.29) is 15.7 Å². The molecule has 3 heterocycles. The van der Waals surface area contributed by atoms with Gasteiger partial charge < -0.3 is 9.73 Å². The molecule has 1 N–H and O–H groups in total. The molecule has 0 spiro atoms. The van der Waals surface area contributed by atoms with Crippen LogP contribution in [-0.4, -0.2) is 57.5 Å². The van der Waals surface area contributed by atoms with Crippen molar-refractivity contribution in [3.8, 4) is 0 Å². The van der Waals surface area contributed by atoms with Crippen LogP contribution in [0, 0.1) is 0 Å². The summed E-state index contributed by atoms with van der Waals surface area (Å²) < 4.78 is 59.0. The first-order valence-electron chi connectivity index (χ1n) is 10.8. The lowest BCUT2D eigenvalue weighted by Gasteiger charge is -2.25. The van der Waals surface area contributed by atoms with Gasteiger partial charge in [0.2, 0.25) is 15.1 Å². The molecule has 0 aliphatic carbocycles. The molecule has 1 amide bonds. The molecule has 0 bridgehead atoms. The fraction of sp³-hybridized carbons (Fsp3) is 0.476. The van der Waals surface area contributed by atoms with Crippen LogP contribution in [0.3, 0.4) is 0 Å². The molecule has 4 rings (SSSR count). The molecule has 1 aromatic heterocycles. The maximum absolute atomic E-state index is 12.7. The molecule has 0 unspecified atom stereocenters. The monoisotopic (exact) mass is 481 g/mol. The van der Waals surface area contributed by atoms with Gasteiger partial charge in [-0.3, -0.25) is 4.79 Å². The third kappa shape index (κ3) is 4.75. The molecule has 9 nitrogen and oxygen atoms in total. The fourth-order valence-corrected chi connectivity index (χ4v) is 6.92. The molecule has 0 radical (unpaired) electrons. The lowest BCUT2D eigenvalue weighted by molar-refractivity contribution is 0.0991. The van der Waals surface area contributed by atoms with E-state index in [2.05, 4.69) is 5.32 Å². The largest absolute Gasteiger partial charge is 0.438 e. The van der Waals surface area contributed by atoms with Crippen LogP contribution in [0.25, 0.3) is 0 Å². The van der Waals surface area contributed by atoms with Gasteiger partial charge in [-0.15, -0.1) is 0 Å². The van der Waals surface area contributed by atoms with Crippen LogP contribution >= 0.6 is 0 Å². The zero-order valence-electron chi connectivity index (χ0n) is 17.7. The molecule has 174 valence electrons. The van der Waals surface area contributed by atoms with E-state index >= 15 is 0 Å². The average Bonchev–Trinajstić information content (AvgIpc) is 3.32. The Morgan fingerprint density at radius 1 is 0.719 bits per heavy atom. The van der Waals surface area contributed by atoms with E-state index in [1.807, 2.05) is 0 Å². The van der Waals surface area contributed by atoms with Crippen molar-refractivity contribution in [2.24, 2.45) is 0 Å². The van der Waals surface area contributed by atoms with E-state index in [4.69, 9.17) is 4.42 Å². The van der Waals surface area contributed by atoms with Gasteiger partial charge in [0.25, 0.3) is 15.9 Å². The minimum atomic E-state index is -3.77. The normalized spacial score (nSPS) is 19.0. The smallest absolute Gasteiger partial charge is 0.291 e. The van der Waals surface area contributed by atoms with Crippen molar-refractivity contribution >= 4 is 31.6 Å². The van der Waals surface area contributed by atoms with Gasteiger partial charge >= 0.3 is 0 Å². The second-order valence-corrected chi connectivity index (χ2v) is 11.8. The number of piperidine rings is 2. The molecule has 2 saturated heterocycles. The van der Waals surface area contributed by atoms with Crippen molar-refractivity contribution in [1.29, 1.82) is 0 Å². The summed E-state index contributed by atoms with van der Waals surface area (Å²) in [5.74, 6) is -0.748. The molecule has 11 heteroatoms. The predicted molar refractivity (Wildman–Crippen MR) is 118 cm³/mol. The Morgan fingerprint density at radius 3 is 1.81 bits per heavy atom. The number of amides is 1. The summed E-state index contributed by atoms with van der Waals surface area (Å²) in [7, 11) is -7.32. The molecule has 32 heavy (non-hydrogen) atoms. The van der Waals surface area contributed by atoms with E-state index in [1.165, 1.54) is 45.0 Å². The highest BCUT2D eigenvalue weighted by Crippen LogP contribution is 2.24. The zero-order valence-corrected chi connectivity index (χ0v) is 19.3. The number of nitrogens with one attached hydrogen (secondary N) is 1. The van der Waals surface area contributed by atoms with E-state index < -0.39 is 26.0 Å². The first-order chi connectivity index (χ1) is 15.3. The Morgan fingerprint density at radius 2 is 1.25 bits per heavy atom. The third-order valence-electron chi connectivity index (χ3n) is 5.78. The van der Waals surface area contributed by atoms with Crippen LogP contribution in [0.5, 0.6) is 0 Å². The molecule has 0 atom stereocenters. The number of sulfonamides is 2. The number of furan rings is 1. The highest BCUT2D eigenvalue weighted by Gasteiger charge is 2.30. The summed E-state index contributed by atoms with van der Waals surface area (Å²) in [6.45, 7) is 1.92. The fourth-order valence-electron chi connectivity index (χ4n) is 3.97. The molecule has 1 aromatic carbocycles. The minimum Gasteiger partial charge on any atom is -0.438 e. The predicted octanol–water partition coefficient (Wildman–Crippen LogP) is 2.88. The summed E-state index contributed by atoms with van der Waals surface area (Å²) in [6, 6.07) is 8.52. The number of hydrogen-bond acceptors (Lipinski definition) is 6. The highest BCUT2D eigenvalue weighted by molar-refractivity contribution is 7.89. The molecule has 2 aliphatic rings. The number of hydrogen-bond donors (Lipinski definition) is 1. The van der Waals surface area contributed by atoms with Crippen molar-refractivity contribution in [3.63, 3.8) is 0 Å². The topological polar surface area (TPSA) is 117 Å². The van der Waals surface area contributed by atoms with E-state index in [0.717, 1.165) is 38.5 Å². The van der Waals surface area contributed by atoms with Crippen LogP contribution in [0.4, 0.5) is 5.69 Å². The highest BCUT2D eigenvalue weighted by atomic mass is 32.2. The molecule has 2 aliphatic heterocycles. The summed E-state index contributed by atoms with van der Waals surface area (Å²) >= 11 is 0. The van der Waals surface area contributed by atoms with E-state index in [9.17, 15) is 21.6 Å². The second kappa shape index (κ2) is 9.34. The average molecular weight is 482 g/mol. The molecular formula is C21H27N3O6S2. The van der Waals surface area contributed by atoms with Crippen molar-refractivity contribution < 1.29 is 26.0 Å². The Labute approximate surface area is 188 Å². The Bertz CT molecular complexity index is 1160. The Balaban J connectivity index is 1.43. The molecule has 2 fully saturated rings. The number of nitrogens with zero attached hydrogens (tertiary/aromatic N) is 2. The lowest BCUT2D eigenvalue weighted by Crippen LogP contribution is -2.35. The summed E-state index contributed by atoms with van der Waals surface area (Å²) in [5.41, 5.74) is 0.379. The maximum atomic E-state index is 12.7. The van der Waals surface area contributed by atoms with Crippen LogP contribution in [-0.2, 0) is 20.0 Å². The first-order valence-corrected chi connectivity index (χ1v) is 13.7. The van der Waals surface area contributed by atoms with Gasteiger partial charge in [0.05, 0.1) is 4.90 Å². The lowest BCUT2D eigenvalue weighted by atomic mass is 10.2. The van der Waals surface area contributed by atoms with Gasteiger partial charge in [-0.1, -0.05) is 12.8 Å². The number of benzene rings is 1. The Hall–Kier alpha value is -2.21. The van der Waals surface area contributed by atoms with E-state index in [1.54, 1.807) is 0 Å². The van der Waals surface area contributed by atoms with Crippen LogP contribution in [0.2, 0.25) is 0 Å². The van der Waals surface area contributed by atoms with Gasteiger partial charge in [-0.25, -0.2) is 16.8 Å². The standard InChI is InChI=1S/C21H27N3O6S2/c25-21(19-11-12-20(30-19)32(28,29)24-15-5-2-6-16-24)22-17-7-9-18(10-8-17)31(26,27)23-13-3-1-4-14-23/h7-12H,1-6,13-16H2,(H,22,25). The van der Waals surface area contributed by atoms with Crippen molar-refractivity contribution in [2.75, 3.05) is 31.5 Å². The number of anilines is 1. The zero-order chi connectivity index (χ0) is 22.8. The van der Waals surface area contributed by atoms with Crippen molar-refractivity contribution in [3.05, 3.63) is 42.2 Å². The minimum absolute atomic E-state index is 0.134. The summed E-state index contributed by atoms with van der Waals surface area (Å²) in [4.78, 5) is 12.7. The Kier molecular flexibility index (Phi) is 6.70. The van der Waals surface area contributed by atoms with Crippen LogP contribution < -0.4 is 5.32 Å². The van der Waals surface area contributed by atoms with E-state index in [0.29, 0.717) is 31.9 Å². The molecular weight excluding hydrogens is 454 g/mol. The van der Waals surface area contributed by atoms with Gasteiger partial charge in [0, 0.05) is 31.9 Å². The second-order valence-electron chi connectivity index (χ2n) is 8.03. The van der Waals surface area contributed by atoms with Gasteiger partial charge in [-0.05, 0) is 62.1 Å². The third-order valence-corrected chi connectivity index (χ3v) is 9.47. The summed E-state index contributed by atoms with van der Waals surface area (Å²) in [6.07, 6.45) is 5.34. The first kappa shape index (κ1) is 23.0. The molecule has 2 aromatic rings.